The Balaban J connectivity index is 2.16. The van der Waals surface area contributed by atoms with E-state index in [1.165, 1.54) is 6.07 Å². The molecule has 0 fully saturated rings. The van der Waals surface area contributed by atoms with Crippen LogP contribution in [-0.2, 0) is 11.2 Å². The third-order valence-electron chi connectivity index (χ3n) is 3.04. The van der Waals surface area contributed by atoms with Crippen molar-refractivity contribution in [1.29, 1.82) is 5.26 Å². The van der Waals surface area contributed by atoms with Gasteiger partial charge in [0.25, 0.3) is 0 Å². The van der Waals surface area contributed by atoms with Crippen LogP contribution in [0.5, 0.6) is 0 Å². The zero-order chi connectivity index (χ0) is 13.8. The van der Waals surface area contributed by atoms with Gasteiger partial charge in [-0.05, 0) is 24.5 Å². The lowest BCUT2D eigenvalue weighted by molar-refractivity contribution is -0.119. The molecular weight excluding hydrogens is 252 g/mol. The summed E-state index contributed by atoms with van der Waals surface area (Å²) in [6.45, 7) is 0.592. The smallest absolute Gasteiger partial charge is 0.240 e. The van der Waals surface area contributed by atoms with E-state index in [0.717, 1.165) is 12.5 Å². The lowest BCUT2D eigenvalue weighted by atomic mass is 10.0. The average molecular weight is 265 g/mol. The molecule has 100 valence electrons. The van der Waals surface area contributed by atoms with Crippen molar-refractivity contribution < 1.29 is 13.6 Å². The van der Waals surface area contributed by atoms with Crippen molar-refractivity contribution in [1.82, 2.24) is 5.32 Å². The van der Waals surface area contributed by atoms with E-state index in [9.17, 15) is 13.6 Å². The second-order valence-corrected chi connectivity index (χ2v) is 4.35. The monoisotopic (exact) mass is 265 g/mol. The van der Waals surface area contributed by atoms with E-state index < -0.39 is 11.6 Å². The Labute approximate surface area is 109 Å². The first-order valence-corrected chi connectivity index (χ1v) is 5.98. The van der Waals surface area contributed by atoms with Gasteiger partial charge in [-0.1, -0.05) is 0 Å². The first-order chi connectivity index (χ1) is 9.11. The van der Waals surface area contributed by atoms with Crippen LogP contribution in [0, 0.1) is 23.0 Å². The number of nitriles is 1. The number of amides is 1. The summed E-state index contributed by atoms with van der Waals surface area (Å²) < 4.78 is 26.4. The quantitative estimate of drug-likeness (QED) is 0.839. The lowest BCUT2D eigenvalue weighted by Gasteiger charge is -2.30. The van der Waals surface area contributed by atoms with E-state index in [0.29, 0.717) is 24.2 Å². The number of nitrogens with zero attached hydrogens (tertiary/aromatic N) is 2. The highest BCUT2D eigenvalue weighted by Gasteiger charge is 2.21. The van der Waals surface area contributed by atoms with Crippen LogP contribution in [0.3, 0.4) is 0 Å². The minimum atomic E-state index is -0.914. The Morgan fingerprint density at radius 3 is 2.89 bits per heavy atom. The highest BCUT2D eigenvalue weighted by atomic mass is 19.2. The van der Waals surface area contributed by atoms with Crippen LogP contribution < -0.4 is 10.2 Å². The summed E-state index contributed by atoms with van der Waals surface area (Å²) in [5.74, 6) is -2.09. The fourth-order valence-corrected chi connectivity index (χ4v) is 2.18. The number of nitrogens with one attached hydrogen (secondary N) is 1. The maximum absolute atomic E-state index is 13.3. The number of anilines is 1. The van der Waals surface area contributed by atoms with Crippen molar-refractivity contribution in [3.63, 3.8) is 0 Å². The van der Waals surface area contributed by atoms with E-state index in [1.807, 2.05) is 6.07 Å². The van der Waals surface area contributed by atoms with Crippen molar-refractivity contribution in [3.05, 3.63) is 29.3 Å². The van der Waals surface area contributed by atoms with E-state index in [2.05, 4.69) is 5.32 Å². The molecule has 19 heavy (non-hydrogen) atoms. The third kappa shape index (κ3) is 2.99. The van der Waals surface area contributed by atoms with Gasteiger partial charge in [0, 0.05) is 18.3 Å². The van der Waals surface area contributed by atoms with Crippen LogP contribution >= 0.6 is 0 Å². The number of aryl methyl sites for hydroxylation is 1. The molecule has 0 bridgehead atoms. The number of fused-ring (bicyclic) bond motifs is 1. The molecule has 1 aromatic rings. The standard InChI is InChI=1S/C13H13F2N3O/c14-10-6-9-2-1-5-18(12(9)7-11(10)15)8-13(19)17-4-3-16/h6-7H,1-2,4-5,8H2,(H,17,19). The van der Waals surface area contributed by atoms with Gasteiger partial charge in [0.15, 0.2) is 11.6 Å². The molecule has 1 heterocycles. The molecule has 1 amide bonds. The predicted octanol–water partition coefficient (Wildman–Crippen LogP) is 1.36. The van der Waals surface area contributed by atoms with Crippen LogP contribution in [0.2, 0.25) is 0 Å². The molecule has 0 atom stereocenters. The molecule has 4 nitrogen and oxygen atoms in total. The molecule has 0 radical (unpaired) electrons. The fraction of sp³-hybridized carbons (Fsp3) is 0.385. The van der Waals surface area contributed by atoms with Gasteiger partial charge in [0.05, 0.1) is 12.6 Å². The molecule has 0 spiro atoms. The Hall–Kier alpha value is -2.16. The summed E-state index contributed by atoms with van der Waals surface area (Å²) in [5.41, 5.74) is 1.26. The molecule has 6 heteroatoms. The molecule has 0 saturated heterocycles. The van der Waals surface area contributed by atoms with Crippen molar-refractivity contribution in [2.45, 2.75) is 12.8 Å². The highest BCUT2D eigenvalue weighted by molar-refractivity contribution is 5.82. The Morgan fingerprint density at radius 1 is 1.42 bits per heavy atom. The molecule has 1 aliphatic heterocycles. The minimum absolute atomic E-state index is 0.0414. The number of halogens is 2. The molecule has 1 aromatic carbocycles. The number of hydrogen-bond acceptors (Lipinski definition) is 3. The topological polar surface area (TPSA) is 56.1 Å². The molecule has 1 aliphatic rings. The highest BCUT2D eigenvalue weighted by Crippen LogP contribution is 2.28. The van der Waals surface area contributed by atoms with Crippen molar-refractivity contribution in [3.8, 4) is 6.07 Å². The summed E-state index contributed by atoms with van der Waals surface area (Å²) >= 11 is 0. The predicted molar refractivity (Wildman–Crippen MR) is 65.5 cm³/mol. The summed E-state index contributed by atoms with van der Waals surface area (Å²) in [7, 11) is 0. The van der Waals surface area contributed by atoms with Crippen LogP contribution in [0.15, 0.2) is 12.1 Å². The molecule has 1 N–H and O–H groups in total. The van der Waals surface area contributed by atoms with Crippen molar-refractivity contribution in [2.75, 3.05) is 24.5 Å². The zero-order valence-corrected chi connectivity index (χ0v) is 10.2. The number of benzene rings is 1. The zero-order valence-electron chi connectivity index (χ0n) is 10.2. The molecule has 0 unspecified atom stereocenters. The normalized spacial score (nSPS) is 13.6. The second kappa shape index (κ2) is 5.65. The van der Waals surface area contributed by atoms with E-state index in [4.69, 9.17) is 5.26 Å². The molecule has 0 saturated carbocycles. The average Bonchev–Trinajstić information content (AvgIpc) is 2.38. The first-order valence-electron chi connectivity index (χ1n) is 5.98. The first kappa shape index (κ1) is 13.3. The number of carbonyl (C=O) groups excluding carboxylic acids is 1. The van der Waals surface area contributed by atoms with Crippen molar-refractivity contribution in [2.24, 2.45) is 0 Å². The van der Waals surface area contributed by atoms with Crippen LogP contribution in [0.1, 0.15) is 12.0 Å². The van der Waals surface area contributed by atoms with E-state index >= 15 is 0 Å². The number of rotatable bonds is 3. The molecular formula is C13H13F2N3O. The third-order valence-corrected chi connectivity index (χ3v) is 3.04. The maximum Gasteiger partial charge on any atom is 0.240 e. The lowest BCUT2D eigenvalue weighted by Crippen LogP contribution is -2.40. The van der Waals surface area contributed by atoms with Crippen LogP contribution in [0.25, 0.3) is 0 Å². The SMILES string of the molecule is N#CCNC(=O)CN1CCCc2cc(F)c(F)cc21. The van der Waals surface area contributed by atoms with Gasteiger partial charge in [-0.15, -0.1) is 0 Å². The van der Waals surface area contributed by atoms with Gasteiger partial charge in [-0.3, -0.25) is 4.79 Å². The minimum Gasteiger partial charge on any atom is -0.362 e. The Morgan fingerprint density at radius 2 is 2.16 bits per heavy atom. The van der Waals surface area contributed by atoms with Crippen molar-refractivity contribution >= 4 is 11.6 Å². The van der Waals surface area contributed by atoms with Gasteiger partial charge >= 0.3 is 0 Å². The summed E-state index contributed by atoms with van der Waals surface area (Å²) in [6, 6.07) is 4.12. The van der Waals surface area contributed by atoms with Gasteiger partial charge in [0.2, 0.25) is 5.91 Å². The summed E-state index contributed by atoms with van der Waals surface area (Å²) in [4.78, 5) is 13.3. The Bertz CT molecular complexity index is 539. The fourth-order valence-electron chi connectivity index (χ4n) is 2.18. The largest absolute Gasteiger partial charge is 0.362 e. The van der Waals surface area contributed by atoms with Crippen LogP contribution in [-0.4, -0.2) is 25.5 Å². The van der Waals surface area contributed by atoms with Crippen LogP contribution in [0.4, 0.5) is 14.5 Å². The second-order valence-electron chi connectivity index (χ2n) is 4.35. The molecule has 0 aromatic heterocycles. The van der Waals surface area contributed by atoms with E-state index in [1.54, 1.807) is 4.90 Å². The molecule has 2 rings (SSSR count). The number of carbonyl (C=O) groups is 1. The van der Waals surface area contributed by atoms with Gasteiger partial charge in [0.1, 0.15) is 6.54 Å². The van der Waals surface area contributed by atoms with Gasteiger partial charge < -0.3 is 10.2 Å². The molecule has 0 aliphatic carbocycles. The van der Waals surface area contributed by atoms with Gasteiger partial charge in [-0.2, -0.15) is 5.26 Å². The maximum atomic E-state index is 13.3. The summed E-state index contributed by atoms with van der Waals surface area (Å²) in [6.07, 6.45) is 1.45. The Kier molecular flexibility index (Phi) is 3.95. The van der Waals surface area contributed by atoms with E-state index in [-0.39, 0.29) is 19.0 Å². The van der Waals surface area contributed by atoms with Gasteiger partial charge in [-0.25, -0.2) is 8.78 Å². The number of hydrogen-bond donors (Lipinski definition) is 1. The summed E-state index contributed by atoms with van der Waals surface area (Å²) in [5, 5.41) is 10.8.